The van der Waals surface area contributed by atoms with Crippen molar-refractivity contribution in [3.63, 3.8) is 0 Å². The van der Waals surface area contributed by atoms with Gasteiger partial charge in [0.2, 0.25) is 5.91 Å². The molecule has 21 heavy (non-hydrogen) atoms. The monoisotopic (exact) mass is 289 g/mol. The first kappa shape index (κ1) is 16.0. The predicted octanol–water partition coefficient (Wildman–Crippen LogP) is 1.70. The molecule has 0 spiro atoms. The summed E-state index contributed by atoms with van der Waals surface area (Å²) in [5, 5.41) is 0. The SMILES string of the molecule is CC(C)[C@H](N)C(=O)N(C)[C@@H]1CCN(Cc2ccccc2)C1. The van der Waals surface area contributed by atoms with E-state index in [1.807, 2.05) is 31.9 Å². The smallest absolute Gasteiger partial charge is 0.239 e. The van der Waals surface area contributed by atoms with Crippen LogP contribution in [-0.4, -0.2) is 47.9 Å². The van der Waals surface area contributed by atoms with Crippen molar-refractivity contribution in [1.82, 2.24) is 9.80 Å². The summed E-state index contributed by atoms with van der Waals surface area (Å²) in [5.41, 5.74) is 7.31. The number of carbonyl (C=O) groups is 1. The van der Waals surface area contributed by atoms with Gasteiger partial charge < -0.3 is 10.6 Å². The van der Waals surface area contributed by atoms with E-state index in [1.54, 1.807) is 0 Å². The zero-order valence-electron chi connectivity index (χ0n) is 13.3. The second kappa shape index (κ2) is 7.05. The van der Waals surface area contributed by atoms with Gasteiger partial charge in [-0.1, -0.05) is 44.2 Å². The van der Waals surface area contributed by atoms with Gasteiger partial charge in [-0.2, -0.15) is 0 Å². The van der Waals surface area contributed by atoms with Gasteiger partial charge in [0.05, 0.1) is 6.04 Å². The molecule has 1 aromatic carbocycles. The average molecular weight is 289 g/mol. The van der Waals surface area contributed by atoms with E-state index in [9.17, 15) is 4.79 Å². The van der Waals surface area contributed by atoms with Gasteiger partial charge in [0.25, 0.3) is 0 Å². The molecule has 1 fully saturated rings. The molecule has 1 aliphatic heterocycles. The minimum absolute atomic E-state index is 0.0663. The molecule has 1 aromatic rings. The first-order valence-electron chi connectivity index (χ1n) is 7.77. The fourth-order valence-corrected chi connectivity index (χ4v) is 2.81. The molecule has 116 valence electrons. The van der Waals surface area contributed by atoms with Crippen molar-refractivity contribution in [3.8, 4) is 0 Å². The van der Waals surface area contributed by atoms with Crippen molar-refractivity contribution >= 4 is 5.91 Å². The second-order valence-corrected chi connectivity index (χ2v) is 6.38. The van der Waals surface area contributed by atoms with Crippen LogP contribution in [0.25, 0.3) is 0 Å². The molecule has 0 saturated carbocycles. The molecule has 1 heterocycles. The van der Waals surface area contributed by atoms with Gasteiger partial charge >= 0.3 is 0 Å². The van der Waals surface area contributed by atoms with Gasteiger partial charge in [0, 0.05) is 32.7 Å². The number of nitrogens with two attached hydrogens (primary N) is 1. The molecule has 0 bridgehead atoms. The lowest BCUT2D eigenvalue weighted by Crippen LogP contribution is -2.49. The Kier molecular flexibility index (Phi) is 5.37. The first-order valence-corrected chi connectivity index (χ1v) is 7.77. The van der Waals surface area contributed by atoms with Gasteiger partial charge in [0.1, 0.15) is 0 Å². The van der Waals surface area contributed by atoms with Crippen LogP contribution in [0.2, 0.25) is 0 Å². The maximum Gasteiger partial charge on any atom is 0.239 e. The van der Waals surface area contributed by atoms with Gasteiger partial charge in [-0.15, -0.1) is 0 Å². The van der Waals surface area contributed by atoms with E-state index < -0.39 is 6.04 Å². The number of benzene rings is 1. The lowest BCUT2D eigenvalue weighted by molar-refractivity contribution is -0.134. The van der Waals surface area contributed by atoms with E-state index in [4.69, 9.17) is 5.73 Å². The molecule has 2 N–H and O–H groups in total. The lowest BCUT2D eigenvalue weighted by Gasteiger charge is -2.29. The largest absolute Gasteiger partial charge is 0.340 e. The van der Waals surface area contributed by atoms with E-state index in [2.05, 4.69) is 29.2 Å². The van der Waals surface area contributed by atoms with Crippen LogP contribution in [0, 0.1) is 5.92 Å². The van der Waals surface area contributed by atoms with E-state index in [-0.39, 0.29) is 17.9 Å². The highest BCUT2D eigenvalue weighted by molar-refractivity contribution is 5.82. The van der Waals surface area contributed by atoms with Crippen LogP contribution >= 0.6 is 0 Å². The highest BCUT2D eigenvalue weighted by Gasteiger charge is 2.31. The quantitative estimate of drug-likeness (QED) is 0.897. The maximum atomic E-state index is 12.3. The molecule has 0 radical (unpaired) electrons. The van der Waals surface area contributed by atoms with Gasteiger partial charge in [0.15, 0.2) is 0 Å². The third-order valence-electron chi connectivity index (χ3n) is 4.40. The van der Waals surface area contributed by atoms with Gasteiger partial charge in [-0.05, 0) is 17.9 Å². The van der Waals surface area contributed by atoms with E-state index in [0.29, 0.717) is 0 Å². The van der Waals surface area contributed by atoms with Crippen LogP contribution in [0.3, 0.4) is 0 Å². The number of nitrogens with zero attached hydrogens (tertiary/aromatic N) is 2. The van der Waals surface area contributed by atoms with E-state index in [0.717, 1.165) is 26.1 Å². The number of likely N-dealkylation sites (tertiary alicyclic amines) is 1. The Bertz CT molecular complexity index is 460. The van der Waals surface area contributed by atoms with Crippen molar-refractivity contribution < 1.29 is 4.79 Å². The van der Waals surface area contributed by atoms with Crippen molar-refractivity contribution in [1.29, 1.82) is 0 Å². The molecule has 1 amide bonds. The summed E-state index contributed by atoms with van der Waals surface area (Å²) in [5.74, 6) is 0.248. The van der Waals surface area contributed by atoms with Crippen LogP contribution in [-0.2, 0) is 11.3 Å². The fourth-order valence-electron chi connectivity index (χ4n) is 2.81. The summed E-state index contributed by atoms with van der Waals surface area (Å²) >= 11 is 0. The first-order chi connectivity index (χ1) is 9.99. The molecule has 2 atom stereocenters. The Hall–Kier alpha value is -1.39. The van der Waals surface area contributed by atoms with Gasteiger partial charge in [-0.3, -0.25) is 9.69 Å². The molecule has 0 unspecified atom stereocenters. The summed E-state index contributed by atoms with van der Waals surface area (Å²) in [7, 11) is 1.89. The molecular weight excluding hydrogens is 262 g/mol. The second-order valence-electron chi connectivity index (χ2n) is 6.38. The van der Waals surface area contributed by atoms with Crippen LogP contribution in [0.15, 0.2) is 30.3 Å². The van der Waals surface area contributed by atoms with Crippen molar-refractivity contribution in [2.75, 3.05) is 20.1 Å². The average Bonchev–Trinajstić information content (AvgIpc) is 2.94. The van der Waals surface area contributed by atoms with Gasteiger partial charge in [-0.25, -0.2) is 0 Å². The molecule has 2 rings (SSSR count). The zero-order chi connectivity index (χ0) is 15.4. The molecule has 0 aromatic heterocycles. The van der Waals surface area contributed by atoms with Crippen molar-refractivity contribution in [2.45, 2.75) is 38.9 Å². The number of hydrogen-bond acceptors (Lipinski definition) is 3. The Balaban J connectivity index is 1.88. The number of carbonyl (C=O) groups excluding carboxylic acids is 1. The highest BCUT2D eigenvalue weighted by atomic mass is 16.2. The fraction of sp³-hybridized carbons (Fsp3) is 0.588. The number of likely N-dealkylation sites (N-methyl/N-ethyl adjacent to an activating group) is 1. The predicted molar refractivity (Wildman–Crippen MR) is 85.7 cm³/mol. The lowest BCUT2D eigenvalue weighted by atomic mass is 10.0. The summed E-state index contributed by atoms with van der Waals surface area (Å²) in [4.78, 5) is 16.6. The third-order valence-corrected chi connectivity index (χ3v) is 4.40. The topological polar surface area (TPSA) is 49.6 Å². The Morgan fingerprint density at radius 2 is 2.05 bits per heavy atom. The number of hydrogen-bond donors (Lipinski definition) is 1. The molecule has 1 saturated heterocycles. The molecule has 4 nitrogen and oxygen atoms in total. The highest BCUT2D eigenvalue weighted by Crippen LogP contribution is 2.18. The summed E-state index contributed by atoms with van der Waals surface area (Å²) in [6.07, 6.45) is 1.03. The van der Waals surface area contributed by atoms with Crippen molar-refractivity contribution in [2.24, 2.45) is 11.7 Å². The Labute approximate surface area is 127 Å². The third kappa shape index (κ3) is 4.05. The normalized spacial score (nSPS) is 20.7. The van der Waals surface area contributed by atoms with E-state index in [1.165, 1.54) is 5.56 Å². The molecule has 1 aliphatic rings. The maximum absolute atomic E-state index is 12.3. The van der Waals surface area contributed by atoms with Crippen LogP contribution < -0.4 is 5.73 Å². The number of rotatable bonds is 5. The zero-order valence-corrected chi connectivity index (χ0v) is 13.3. The van der Waals surface area contributed by atoms with Crippen LogP contribution in [0.1, 0.15) is 25.8 Å². The van der Waals surface area contributed by atoms with Crippen LogP contribution in [0.4, 0.5) is 0 Å². The van der Waals surface area contributed by atoms with E-state index >= 15 is 0 Å². The Morgan fingerprint density at radius 1 is 1.38 bits per heavy atom. The molecule has 0 aliphatic carbocycles. The molecule has 4 heteroatoms. The summed E-state index contributed by atoms with van der Waals surface area (Å²) < 4.78 is 0. The summed E-state index contributed by atoms with van der Waals surface area (Å²) in [6, 6.07) is 10.4. The minimum Gasteiger partial charge on any atom is -0.340 e. The Morgan fingerprint density at radius 3 is 2.67 bits per heavy atom. The standard InChI is InChI=1S/C17H27N3O/c1-13(2)16(18)17(21)19(3)15-9-10-20(12-15)11-14-7-5-4-6-8-14/h4-8,13,15-16H,9-12,18H2,1-3H3/t15-,16+/m1/s1. The van der Waals surface area contributed by atoms with Crippen LogP contribution in [0.5, 0.6) is 0 Å². The van der Waals surface area contributed by atoms with Crippen molar-refractivity contribution in [3.05, 3.63) is 35.9 Å². The summed E-state index contributed by atoms with van der Waals surface area (Å²) in [6.45, 7) is 6.91. The number of amides is 1. The molecular formula is C17H27N3O. The minimum atomic E-state index is -0.391.